The second-order valence-electron chi connectivity index (χ2n) is 12.1. The second-order valence-corrected chi connectivity index (χ2v) is 12.1. The first kappa shape index (κ1) is 30.4. The predicted octanol–water partition coefficient (Wildman–Crippen LogP) is 6.68. The Morgan fingerprint density at radius 3 is 2.64 bits per heavy atom. The van der Waals surface area contributed by atoms with Gasteiger partial charge in [-0.05, 0) is 85.0 Å². The van der Waals surface area contributed by atoms with Gasteiger partial charge in [0.2, 0.25) is 5.91 Å². The monoisotopic (exact) mass is 600 g/mol. The summed E-state index contributed by atoms with van der Waals surface area (Å²) >= 11 is 0. The molecule has 0 spiro atoms. The van der Waals surface area contributed by atoms with Crippen molar-refractivity contribution in [2.24, 2.45) is 0 Å². The van der Waals surface area contributed by atoms with E-state index in [4.69, 9.17) is 9.47 Å². The van der Waals surface area contributed by atoms with Crippen LogP contribution < -0.4 is 14.8 Å². The number of rotatable bonds is 11. The third-order valence-corrected chi connectivity index (χ3v) is 9.12. The summed E-state index contributed by atoms with van der Waals surface area (Å²) in [4.78, 5) is 18.4. The van der Waals surface area contributed by atoms with Crippen LogP contribution in [0.1, 0.15) is 65.1 Å². The van der Waals surface area contributed by atoms with Crippen LogP contribution in [0.5, 0.6) is 11.5 Å². The molecular weight excluding hydrogens is 560 g/mol. The number of hydrogen-bond donors (Lipinski definition) is 1. The Bertz CT molecular complexity index is 1710. The summed E-state index contributed by atoms with van der Waals surface area (Å²) in [7, 11) is 0. The lowest BCUT2D eigenvalue weighted by Crippen LogP contribution is -2.39. The molecule has 45 heavy (non-hydrogen) atoms. The topological polar surface area (TPSA) is 87.5 Å². The fraction of sp³-hybridized carbons (Fsp3) is 0.342. The van der Waals surface area contributed by atoms with Crippen LogP contribution >= 0.6 is 0 Å². The van der Waals surface area contributed by atoms with Gasteiger partial charge in [0.05, 0.1) is 5.56 Å². The highest BCUT2D eigenvalue weighted by Crippen LogP contribution is 2.41. The number of likely N-dealkylation sites (tertiary alicyclic amines) is 1. The molecule has 1 aliphatic heterocycles. The van der Waals surface area contributed by atoms with Crippen LogP contribution in [0.15, 0.2) is 73.1 Å². The van der Waals surface area contributed by atoms with E-state index in [0.29, 0.717) is 31.4 Å². The molecule has 1 unspecified atom stereocenters. The Morgan fingerprint density at radius 1 is 1.00 bits per heavy atom. The Morgan fingerprint density at radius 2 is 1.82 bits per heavy atom. The molecule has 7 heteroatoms. The number of amides is 1. The van der Waals surface area contributed by atoms with Crippen molar-refractivity contribution >= 4 is 5.91 Å². The molecule has 7 nitrogen and oxygen atoms in total. The maximum atomic E-state index is 11.7. The number of hydrogen-bond acceptors (Lipinski definition) is 6. The Hall–Kier alpha value is -4.67. The zero-order valence-corrected chi connectivity index (χ0v) is 26.1. The number of nitrogens with one attached hydrogen (secondary N) is 1. The van der Waals surface area contributed by atoms with Gasteiger partial charge in [-0.25, -0.2) is 0 Å². The lowest BCUT2D eigenvalue weighted by Gasteiger charge is -2.27. The van der Waals surface area contributed by atoms with Gasteiger partial charge in [0.25, 0.3) is 0 Å². The molecular formula is C38H40N4O3. The summed E-state index contributed by atoms with van der Waals surface area (Å²) in [5.74, 6) is 1.70. The van der Waals surface area contributed by atoms with Crippen LogP contribution in [-0.4, -0.2) is 34.9 Å². The predicted molar refractivity (Wildman–Crippen MR) is 175 cm³/mol. The average Bonchev–Trinajstić information content (AvgIpc) is 3.74. The lowest BCUT2D eigenvalue weighted by molar-refractivity contribution is -0.119. The SMILES string of the molecule is CC(=O)NCC1CCCN1Cc1c(OCc2cncc(C#N)c2)cc(OCc2cccc(-c3ccccc3)c2C)c2c1CCC2. The molecule has 1 aliphatic carbocycles. The van der Waals surface area contributed by atoms with Crippen LogP contribution in [0, 0.1) is 18.3 Å². The highest BCUT2D eigenvalue weighted by atomic mass is 16.5. The Labute approximate surface area is 265 Å². The van der Waals surface area contributed by atoms with E-state index in [1.807, 2.05) is 12.1 Å². The molecule has 6 rings (SSSR count). The summed E-state index contributed by atoms with van der Waals surface area (Å²) in [6.07, 6.45) is 8.52. The maximum Gasteiger partial charge on any atom is 0.216 e. The molecule has 1 N–H and O–H groups in total. The lowest BCUT2D eigenvalue weighted by atomic mass is 9.97. The number of benzene rings is 3. The average molecular weight is 601 g/mol. The van der Waals surface area contributed by atoms with E-state index >= 15 is 0 Å². The Kier molecular flexibility index (Phi) is 9.42. The largest absolute Gasteiger partial charge is 0.488 e. The summed E-state index contributed by atoms with van der Waals surface area (Å²) in [5.41, 5.74) is 9.97. The summed E-state index contributed by atoms with van der Waals surface area (Å²) < 4.78 is 13.2. The maximum absolute atomic E-state index is 11.7. The third kappa shape index (κ3) is 7.02. The number of carbonyl (C=O) groups excluding carboxylic acids is 1. The van der Waals surface area contributed by atoms with Crippen molar-refractivity contribution < 1.29 is 14.3 Å². The molecule has 4 aromatic rings. The van der Waals surface area contributed by atoms with Crippen molar-refractivity contribution in [2.75, 3.05) is 13.1 Å². The fourth-order valence-corrected chi connectivity index (χ4v) is 6.74. The summed E-state index contributed by atoms with van der Waals surface area (Å²) in [6.45, 7) is 6.92. The molecule has 1 fully saturated rings. The fourth-order valence-electron chi connectivity index (χ4n) is 6.74. The molecule has 1 aromatic heterocycles. The van der Waals surface area contributed by atoms with Crippen LogP contribution in [-0.2, 0) is 37.4 Å². The van der Waals surface area contributed by atoms with E-state index in [2.05, 4.69) is 76.7 Å². The first-order valence-corrected chi connectivity index (χ1v) is 15.9. The summed E-state index contributed by atoms with van der Waals surface area (Å²) in [6, 6.07) is 23.3. The minimum Gasteiger partial charge on any atom is -0.488 e. The number of pyridine rings is 1. The third-order valence-electron chi connectivity index (χ3n) is 9.12. The molecule has 2 heterocycles. The van der Waals surface area contributed by atoms with Gasteiger partial charge in [-0.1, -0.05) is 48.5 Å². The van der Waals surface area contributed by atoms with E-state index in [-0.39, 0.29) is 5.91 Å². The summed E-state index contributed by atoms with van der Waals surface area (Å²) in [5, 5.41) is 12.4. The normalized spacial score (nSPS) is 15.8. The molecule has 2 aliphatic rings. The molecule has 1 saturated heterocycles. The molecule has 0 radical (unpaired) electrons. The molecule has 0 bridgehead atoms. The Balaban J connectivity index is 1.30. The van der Waals surface area contributed by atoms with Gasteiger partial charge in [-0.2, -0.15) is 5.26 Å². The standard InChI is InChI=1S/C38H40N4O3/c1-26-31(11-6-13-33(26)30-9-4-3-5-10-30)25-45-37-18-38(44-24-29-17-28(19-39)20-40-21-29)36(34-14-7-15-35(34)37)23-42-16-8-12-32(42)22-41-27(2)43/h3-6,9-11,13,17-18,20-21,32H,7-8,12,14-16,22-25H2,1-2H3,(H,41,43). The van der Waals surface area contributed by atoms with Crippen LogP contribution in [0.25, 0.3) is 11.1 Å². The van der Waals surface area contributed by atoms with Gasteiger partial charge < -0.3 is 14.8 Å². The molecule has 3 aromatic carbocycles. The van der Waals surface area contributed by atoms with Crippen molar-refractivity contribution in [1.82, 2.24) is 15.2 Å². The van der Waals surface area contributed by atoms with Gasteiger partial charge in [-0.15, -0.1) is 0 Å². The van der Waals surface area contributed by atoms with Crippen molar-refractivity contribution in [3.63, 3.8) is 0 Å². The number of nitriles is 1. The van der Waals surface area contributed by atoms with Crippen molar-refractivity contribution in [1.29, 1.82) is 5.26 Å². The molecule has 1 atom stereocenters. The van der Waals surface area contributed by atoms with Gasteiger partial charge in [0, 0.05) is 55.6 Å². The van der Waals surface area contributed by atoms with E-state index in [9.17, 15) is 10.1 Å². The highest BCUT2D eigenvalue weighted by Gasteiger charge is 2.30. The number of ether oxygens (including phenoxy) is 2. The van der Waals surface area contributed by atoms with Gasteiger partial charge in [0.1, 0.15) is 30.8 Å². The smallest absolute Gasteiger partial charge is 0.216 e. The zero-order chi connectivity index (χ0) is 31.2. The number of aromatic nitrogens is 1. The second kappa shape index (κ2) is 14.0. The van der Waals surface area contributed by atoms with Crippen molar-refractivity contribution in [2.45, 2.75) is 71.8 Å². The molecule has 0 saturated carbocycles. The van der Waals surface area contributed by atoms with Gasteiger partial charge in [-0.3, -0.25) is 14.7 Å². The van der Waals surface area contributed by atoms with Gasteiger partial charge in [0.15, 0.2) is 0 Å². The quantitative estimate of drug-likeness (QED) is 0.207. The van der Waals surface area contributed by atoms with E-state index in [1.54, 1.807) is 19.3 Å². The zero-order valence-electron chi connectivity index (χ0n) is 26.1. The van der Waals surface area contributed by atoms with Crippen LogP contribution in [0.3, 0.4) is 0 Å². The van der Waals surface area contributed by atoms with Gasteiger partial charge >= 0.3 is 0 Å². The minimum atomic E-state index is 0.00557. The van der Waals surface area contributed by atoms with Crippen molar-refractivity contribution in [3.05, 3.63) is 112 Å². The first-order chi connectivity index (χ1) is 22.0. The van der Waals surface area contributed by atoms with Crippen molar-refractivity contribution in [3.8, 4) is 28.7 Å². The van der Waals surface area contributed by atoms with Crippen LogP contribution in [0.4, 0.5) is 0 Å². The van der Waals surface area contributed by atoms with E-state index in [0.717, 1.165) is 67.8 Å². The highest BCUT2D eigenvalue weighted by molar-refractivity contribution is 5.72. The molecule has 230 valence electrons. The number of carbonyl (C=O) groups is 1. The molecule has 1 amide bonds. The number of nitrogens with zero attached hydrogens (tertiary/aromatic N) is 3. The first-order valence-electron chi connectivity index (χ1n) is 15.9. The minimum absolute atomic E-state index is 0.00557. The number of fused-ring (bicyclic) bond motifs is 1. The van der Waals surface area contributed by atoms with E-state index in [1.165, 1.54) is 33.4 Å². The van der Waals surface area contributed by atoms with E-state index < -0.39 is 0 Å². The van der Waals surface area contributed by atoms with Crippen LogP contribution in [0.2, 0.25) is 0 Å².